The van der Waals surface area contributed by atoms with E-state index >= 15 is 0 Å². The van der Waals surface area contributed by atoms with Crippen molar-refractivity contribution < 1.29 is 14.3 Å². The minimum absolute atomic E-state index is 0.113. The third-order valence-electron chi connectivity index (χ3n) is 6.34. The molecule has 1 saturated carbocycles. The smallest absolute Gasteiger partial charge is 0.410 e. The lowest BCUT2D eigenvalue weighted by atomic mass is 9.98. The van der Waals surface area contributed by atoms with Gasteiger partial charge in [-0.2, -0.15) is 0 Å². The van der Waals surface area contributed by atoms with Gasteiger partial charge in [0.25, 0.3) is 0 Å². The number of carbonyl (C=O) groups excluding carboxylic acids is 2. The molecule has 4 rings (SSSR count). The van der Waals surface area contributed by atoms with Crippen molar-refractivity contribution >= 4 is 12.1 Å². The quantitative estimate of drug-likeness (QED) is 0.791. The number of rotatable bonds is 1. The summed E-state index contributed by atoms with van der Waals surface area (Å²) >= 11 is 0. The van der Waals surface area contributed by atoms with E-state index in [1.165, 1.54) is 19.3 Å². The fraction of sp³-hybridized carbons (Fsp3) is 0.895. The highest BCUT2D eigenvalue weighted by Gasteiger charge is 2.46. The summed E-state index contributed by atoms with van der Waals surface area (Å²) in [4.78, 5) is 29.1. The van der Waals surface area contributed by atoms with Gasteiger partial charge >= 0.3 is 12.1 Å². The van der Waals surface area contributed by atoms with Crippen molar-refractivity contribution in [2.45, 2.75) is 95.5 Å². The zero-order valence-corrected chi connectivity index (χ0v) is 15.7. The van der Waals surface area contributed by atoms with Crippen LogP contribution in [0.25, 0.3) is 0 Å². The molecule has 3 amide bonds. The molecule has 4 fully saturated rings. The molecule has 4 aliphatic rings. The lowest BCUT2D eigenvalue weighted by Gasteiger charge is -2.40. The third-order valence-corrected chi connectivity index (χ3v) is 6.34. The summed E-state index contributed by atoms with van der Waals surface area (Å²) in [5.41, 5.74) is -0.462. The molecule has 0 radical (unpaired) electrons. The molecule has 0 spiro atoms. The van der Waals surface area contributed by atoms with Crippen LogP contribution in [0.5, 0.6) is 0 Å². The van der Waals surface area contributed by atoms with Gasteiger partial charge in [-0.15, -0.1) is 0 Å². The second kappa shape index (κ2) is 6.06. The van der Waals surface area contributed by atoms with Crippen molar-refractivity contribution in [3.05, 3.63) is 0 Å². The molecule has 1 N–H and O–H groups in total. The number of piperidine rings is 2. The Kier molecular flexibility index (Phi) is 4.12. The number of carbonyl (C=O) groups is 2. The van der Waals surface area contributed by atoms with Crippen LogP contribution in [0, 0.1) is 5.92 Å². The largest absolute Gasteiger partial charge is 0.444 e. The van der Waals surface area contributed by atoms with Gasteiger partial charge in [0.2, 0.25) is 0 Å². The van der Waals surface area contributed by atoms with Crippen molar-refractivity contribution in [1.82, 2.24) is 15.1 Å². The second-order valence-electron chi connectivity index (χ2n) is 9.38. The first-order valence-corrected chi connectivity index (χ1v) is 9.88. The van der Waals surface area contributed by atoms with Gasteiger partial charge in [0, 0.05) is 30.7 Å². The summed E-state index contributed by atoms with van der Waals surface area (Å²) in [5, 5.41) is 3.26. The van der Waals surface area contributed by atoms with Gasteiger partial charge in [-0.05, 0) is 71.6 Å². The molecule has 3 aliphatic heterocycles. The molecule has 140 valence electrons. The minimum atomic E-state index is -0.462. The van der Waals surface area contributed by atoms with Crippen LogP contribution < -0.4 is 5.32 Å². The molecule has 0 aromatic rings. The van der Waals surface area contributed by atoms with Gasteiger partial charge in [0.15, 0.2) is 0 Å². The average molecular weight is 349 g/mol. The number of hydrogen-bond acceptors (Lipinski definition) is 3. The predicted octanol–water partition coefficient (Wildman–Crippen LogP) is 3.11. The molecule has 4 atom stereocenters. The topological polar surface area (TPSA) is 61.9 Å². The maximum Gasteiger partial charge on any atom is 0.410 e. The molecule has 4 bridgehead atoms. The number of likely N-dealkylation sites (tertiary alicyclic amines) is 1. The van der Waals surface area contributed by atoms with Gasteiger partial charge in [0.1, 0.15) is 5.60 Å². The van der Waals surface area contributed by atoms with Gasteiger partial charge in [-0.3, -0.25) is 0 Å². The van der Waals surface area contributed by atoms with E-state index in [0.717, 1.165) is 38.1 Å². The minimum Gasteiger partial charge on any atom is -0.444 e. The lowest BCUT2D eigenvalue weighted by molar-refractivity contribution is 0.00505. The fourth-order valence-electron chi connectivity index (χ4n) is 5.34. The van der Waals surface area contributed by atoms with Crippen LogP contribution in [0.4, 0.5) is 9.59 Å². The van der Waals surface area contributed by atoms with Crippen LogP contribution in [0.1, 0.15) is 65.7 Å². The van der Waals surface area contributed by atoms with Crippen molar-refractivity contribution in [1.29, 1.82) is 0 Å². The van der Waals surface area contributed by atoms with Crippen LogP contribution in [-0.2, 0) is 4.74 Å². The molecule has 6 nitrogen and oxygen atoms in total. The predicted molar refractivity (Wildman–Crippen MR) is 94.3 cm³/mol. The maximum absolute atomic E-state index is 12.6. The number of urea groups is 1. The number of nitrogens with one attached hydrogen (secondary N) is 1. The number of fused-ring (bicyclic) bond motifs is 4. The average Bonchev–Trinajstić information content (AvgIpc) is 3.19. The van der Waals surface area contributed by atoms with Crippen molar-refractivity contribution in [2.24, 2.45) is 5.92 Å². The Morgan fingerprint density at radius 3 is 2.12 bits per heavy atom. The van der Waals surface area contributed by atoms with Gasteiger partial charge in [-0.25, -0.2) is 9.59 Å². The normalized spacial score (nSPS) is 36.7. The van der Waals surface area contributed by atoms with E-state index in [1.54, 1.807) is 0 Å². The van der Waals surface area contributed by atoms with Crippen LogP contribution in [0.3, 0.4) is 0 Å². The number of ether oxygens (including phenoxy) is 1. The van der Waals surface area contributed by atoms with E-state index in [-0.39, 0.29) is 30.2 Å². The maximum atomic E-state index is 12.6. The second-order valence-corrected chi connectivity index (χ2v) is 9.38. The van der Waals surface area contributed by atoms with Crippen LogP contribution in [0.15, 0.2) is 0 Å². The first-order chi connectivity index (χ1) is 11.8. The summed E-state index contributed by atoms with van der Waals surface area (Å²) in [6.07, 6.45) is 7.19. The Morgan fingerprint density at radius 1 is 0.960 bits per heavy atom. The highest BCUT2D eigenvalue weighted by Crippen LogP contribution is 2.39. The Hall–Kier alpha value is -1.46. The van der Waals surface area contributed by atoms with Crippen molar-refractivity contribution in [3.8, 4) is 0 Å². The zero-order chi connectivity index (χ0) is 17.8. The zero-order valence-electron chi connectivity index (χ0n) is 15.7. The molecule has 6 heteroatoms. The van der Waals surface area contributed by atoms with E-state index in [2.05, 4.69) is 10.2 Å². The summed E-state index contributed by atoms with van der Waals surface area (Å²) in [7, 11) is 0. The molecule has 0 aromatic carbocycles. The standard InChI is InChI=1S/C19H31N3O3/c1-19(2,3)25-18(24)22-15-6-7-16(22)10-13(9-15)20-17(23)21-11-12-4-5-14(21)8-12/h12-16H,4-11H2,1-3H3,(H,20,23)/t12-,14-,15-,16-/m0/s1. The van der Waals surface area contributed by atoms with Gasteiger partial charge in [0.05, 0.1) is 0 Å². The van der Waals surface area contributed by atoms with E-state index in [4.69, 9.17) is 4.74 Å². The third kappa shape index (κ3) is 3.32. The monoisotopic (exact) mass is 349 g/mol. The molecular weight excluding hydrogens is 318 g/mol. The molecule has 0 unspecified atom stereocenters. The molecule has 3 saturated heterocycles. The van der Waals surface area contributed by atoms with E-state index in [0.29, 0.717) is 6.04 Å². The molecular formula is C19H31N3O3. The van der Waals surface area contributed by atoms with Crippen LogP contribution in [0.2, 0.25) is 0 Å². The van der Waals surface area contributed by atoms with Crippen molar-refractivity contribution in [3.63, 3.8) is 0 Å². The summed E-state index contributed by atoms with van der Waals surface area (Å²) < 4.78 is 5.58. The first kappa shape index (κ1) is 17.0. The molecule has 3 heterocycles. The first-order valence-electron chi connectivity index (χ1n) is 9.88. The lowest BCUT2D eigenvalue weighted by Crippen LogP contribution is -2.55. The molecule has 25 heavy (non-hydrogen) atoms. The van der Waals surface area contributed by atoms with Crippen LogP contribution >= 0.6 is 0 Å². The Balaban J connectivity index is 1.34. The summed E-state index contributed by atoms with van der Waals surface area (Å²) in [6, 6.07) is 1.16. The Bertz CT molecular complexity index is 545. The van der Waals surface area contributed by atoms with Gasteiger partial charge < -0.3 is 19.9 Å². The van der Waals surface area contributed by atoms with Crippen LogP contribution in [-0.4, -0.2) is 58.2 Å². The Morgan fingerprint density at radius 2 is 1.60 bits per heavy atom. The highest BCUT2D eigenvalue weighted by molar-refractivity contribution is 5.75. The van der Waals surface area contributed by atoms with E-state index < -0.39 is 5.60 Å². The van der Waals surface area contributed by atoms with Gasteiger partial charge in [-0.1, -0.05) is 0 Å². The van der Waals surface area contributed by atoms with E-state index in [1.807, 2.05) is 25.7 Å². The molecule has 0 aromatic heterocycles. The summed E-state index contributed by atoms with van der Waals surface area (Å²) in [5.74, 6) is 0.723. The number of hydrogen-bond donors (Lipinski definition) is 1. The summed E-state index contributed by atoms with van der Waals surface area (Å²) in [6.45, 7) is 6.65. The SMILES string of the molecule is CC(C)(C)OC(=O)N1[C@H]2CC[C@H]1CC(NC(=O)N1C[C@H]3CC[C@H]1C3)C2. The number of amides is 3. The number of nitrogens with zero attached hydrogens (tertiary/aromatic N) is 2. The van der Waals surface area contributed by atoms with E-state index in [9.17, 15) is 9.59 Å². The van der Waals surface area contributed by atoms with Crippen molar-refractivity contribution in [2.75, 3.05) is 6.54 Å². The fourth-order valence-corrected chi connectivity index (χ4v) is 5.34. The molecule has 1 aliphatic carbocycles. The Labute approximate surface area is 150 Å². The highest BCUT2D eigenvalue weighted by atomic mass is 16.6.